The predicted molar refractivity (Wildman–Crippen MR) is 163 cm³/mol. The van der Waals surface area contributed by atoms with Crippen molar-refractivity contribution in [1.29, 1.82) is 5.26 Å². The van der Waals surface area contributed by atoms with Gasteiger partial charge in [-0.15, -0.1) is 0 Å². The Morgan fingerprint density at radius 3 is 2.70 bits per heavy atom. The van der Waals surface area contributed by atoms with Crippen LogP contribution in [-0.2, 0) is 16.2 Å². The predicted octanol–water partition coefficient (Wildman–Crippen LogP) is 7.49. The number of halogens is 2. The molecule has 2 aromatic rings. The van der Waals surface area contributed by atoms with Gasteiger partial charge in [0, 0.05) is 35.0 Å². The Labute approximate surface area is 252 Å². The Kier molecular flexibility index (Phi) is 10.2. The molecular weight excluding hydrogens is 638 g/mol. The highest BCUT2D eigenvalue weighted by Gasteiger charge is 2.41. The summed E-state index contributed by atoms with van der Waals surface area (Å²) < 4.78 is 12.9. The second-order valence-electron chi connectivity index (χ2n) is 10.1. The number of ketones is 1. The average molecular weight is 671 g/mol. The fourth-order valence-corrected chi connectivity index (χ4v) is 6.25. The molecule has 0 bridgehead atoms. The first-order valence-electron chi connectivity index (χ1n) is 13.5. The number of nitrogens with zero attached hydrogens (tertiary/aromatic N) is 2. The van der Waals surface area contributed by atoms with E-state index in [0.29, 0.717) is 46.2 Å². The third kappa shape index (κ3) is 6.67. The zero-order valence-corrected chi connectivity index (χ0v) is 26.1. The highest BCUT2D eigenvalue weighted by atomic mass is 79.9. The van der Waals surface area contributed by atoms with Gasteiger partial charge in [0.05, 0.1) is 28.4 Å². The van der Waals surface area contributed by atoms with Crippen molar-refractivity contribution in [2.75, 3.05) is 17.3 Å². The highest BCUT2D eigenvalue weighted by molar-refractivity contribution is 9.10. The van der Waals surface area contributed by atoms with Crippen molar-refractivity contribution in [2.45, 2.75) is 59.0 Å². The number of hydrogen-bond donors (Lipinski definition) is 1. The summed E-state index contributed by atoms with van der Waals surface area (Å²) in [6.45, 7) is 6.57. The number of nitrogens with one attached hydrogen (secondary N) is 1. The molecule has 1 amide bonds. The molecule has 210 valence electrons. The maximum atomic E-state index is 13.5. The number of alkyl halides is 1. The molecule has 2 aliphatic rings. The van der Waals surface area contributed by atoms with Crippen LogP contribution in [0.5, 0.6) is 11.5 Å². The molecule has 0 saturated carbocycles. The minimum absolute atomic E-state index is 0.0856. The summed E-state index contributed by atoms with van der Waals surface area (Å²) in [4.78, 5) is 30.0. The molecule has 0 aromatic heterocycles. The molecule has 1 N–H and O–H groups in total. The number of carbonyl (C=O) groups is 2. The van der Waals surface area contributed by atoms with Crippen LogP contribution in [0, 0.1) is 23.2 Å². The molecule has 40 heavy (non-hydrogen) atoms. The lowest BCUT2D eigenvalue weighted by Gasteiger charge is -2.35. The molecule has 1 aliphatic heterocycles. The van der Waals surface area contributed by atoms with Crippen LogP contribution in [-0.4, -0.2) is 29.3 Å². The first-order valence-corrected chi connectivity index (χ1v) is 15.5. The van der Waals surface area contributed by atoms with E-state index in [1.807, 2.05) is 50.2 Å². The molecule has 3 unspecified atom stereocenters. The van der Waals surface area contributed by atoms with Crippen molar-refractivity contribution in [1.82, 2.24) is 0 Å². The number of amides is 1. The van der Waals surface area contributed by atoms with Gasteiger partial charge in [-0.25, -0.2) is 0 Å². The van der Waals surface area contributed by atoms with Gasteiger partial charge in [0.1, 0.15) is 6.61 Å². The molecule has 1 heterocycles. The lowest BCUT2D eigenvalue weighted by molar-refractivity contribution is -0.117. The van der Waals surface area contributed by atoms with Gasteiger partial charge < -0.3 is 14.8 Å². The summed E-state index contributed by atoms with van der Waals surface area (Å²) in [5.74, 6) is 0.332. The summed E-state index contributed by atoms with van der Waals surface area (Å²) in [6.07, 6.45) is 3.26. The summed E-state index contributed by atoms with van der Waals surface area (Å²) >= 11 is 6.83. The fourth-order valence-electron chi connectivity index (χ4n) is 5.54. The molecule has 1 aliphatic carbocycles. The Balaban J connectivity index is 1.67. The van der Waals surface area contributed by atoms with E-state index in [2.05, 4.69) is 50.2 Å². The summed E-state index contributed by atoms with van der Waals surface area (Å²) in [5, 5.41) is 13.2. The lowest BCUT2D eigenvalue weighted by atomic mass is 9.70. The van der Waals surface area contributed by atoms with Gasteiger partial charge in [0.25, 0.3) is 0 Å². The fraction of sp³-hybridized carbons (Fsp3) is 0.419. The molecule has 9 heteroatoms. The average Bonchev–Trinajstić information content (AvgIpc) is 2.92. The highest BCUT2D eigenvalue weighted by Crippen LogP contribution is 2.48. The number of benzene rings is 2. The standard InChI is InChI=1S/C31H33Br2N3O4/c1-4-7-19-11-25-30(26(37)12-19)29(23(16-34)18(3)35-25)21-13-24(33)31(27(14-21)39-5-2)40-17-20-8-6-9-22(10-20)36-28(38)15-32/h6,8-10,13-14,19,23,29H,4-5,7,11-12,15,17H2,1-3H3,(H,36,38). The van der Waals surface area contributed by atoms with Crippen LogP contribution in [0.25, 0.3) is 0 Å². The van der Waals surface area contributed by atoms with E-state index < -0.39 is 11.8 Å². The van der Waals surface area contributed by atoms with Crippen molar-refractivity contribution in [3.63, 3.8) is 0 Å². The van der Waals surface area contributed by atoms with Gasteiger partial charge in [-0.2, -0.15) is 5.26 Å². The van der Waals surface area contributed by atoms with Crippen molar-refractivity contribution < 1.29 is 19.1 Å². The third-order valence-electron chi connectivity index (χ3n) is 7.22. The normalized spacial score (nSPS) is 20.4. The molecule has 0 spiro atoms. The summed E-state index contributed by atoms with van der Waals surface area (Å²) in [6, 6.07) is 13.7. The second kappa shape index (κ2) is 13.6. The first kappa shape index (κ1) is 30.0. The van der Waals surface area contributed by atoms with Crippen LogP contribution in [0.15, 0.2) is 57.1 Å². The van der Waals surface area contributed by atoms with Gasteiger partial charge >= 0.3 is 0 Å². The van der Waals surface area contributed by atoms with Crippen LogP contribution >= 0.6 is 31.9 Å². The number of Topliss-reactive ketones (excluding diaryl/α,β-unsaturated/α-hetero) is 1. The Morgan fingerprint density at radius 1 is 1.20 bits per heavy atom. The maximum absolute atomic E-state index is 13.5. The molecule has 0 saturated heterocycles. The first-order chi connectivity index (χ1) is 19.3. The minimum atomic E-state index is -0.545. The zero-order valence-electron chi connectivity index (χ0n) is 22.9. The smallest absolute Gasteiger partial charge is 0.235 e. The number of allylic oxidation sites excluding steroid dienone is 2. The number of aliphatic imine (C=N–C) groups is 1. The molecule has 3 atom stereocenters. The largest absolute Gasteiger partial charge is 0.490 e. The van der Waals surface area contributed by atoms with Crippen molar-refractivity contribution in [3.05, 3.63) is 63.3 Å². The summed E-state index contributed by atoms with van der Waals surface area (Å²) in [7, 11) is 0. The zero-order chi connectivity index (χ0) is 28.8. The topological polar surface area (TPSA) is 101 Å². The van der Waals surface area contributed by atoms with Gasteiger partial charge in [-0.3, -0.25) is 14.6 Å². The number of hydrogen-bond acceptors (Lipinski definition) is 6. The maximum Gasteiger partial charge on any atom is 0.235 e. The van der Waals surface area contributed by atoms with E-state index in [1.54, 1.807) is 0 Å². The second-order valence-corrected chi connectivity index (χ2v) is 11.5. The minimum Gasteiger partial charge on any atom is -0.490 e. The van der Waals surface area contributed by atoms with Gasteiger partial charge in [0.15, 0.2) is 17.3 Å². The van der Waals surface area contributed by atoms with Crippen LogP contribution in [0.1, 0.15) is 63.5 Å². The Morgan fingerprint density at radius 2 is 2.00 bits per heavy atom. The Hall–Kier alpha value is -2.96. The van der Waals surface area contributed by atoms with E-state index in [4.69, 9.17) is 14.5 Å². The molecule has 2 aromatic carbocycles. The van der Waals surface area contributed by atoms with Gasteiger partial charge in [-0.1, -0.05) is 41.4 Å². The molecule has 7 nitrogen and oxygen atoms in total. The van der Waals surface area contributed by atoms with Crippen molar-refractivity contribution >= 4 is 54.9 Å². The quantitative estimate of drug-likeness (QED) is 0.264. The lowest BCUT2D eigenvalue weighted by Crippen LogP contribution is -2.32. The molecular formula is C31H33Br2N3O4. The van der Waals surface area contributed by atoms with Crippen molar-refractivity contribution in [3.8, 4) is 17.6 Å². The molecule has 0 fully saturated rings. The number of nitriles is 1. The number of anilines is 1. The van der Waals surface area contributed by atoms with E-state index >= 15 is 0 Å². The van der Waals surface area contributed by atoms with E-state index in [1.165, 1.54) is 0 Å². The number of rotatable bonds is 10. The van der Waals surface area contributed by atoms with Crippen LogP contribution < -0.4 is 14.8 Å². The van der Waals surface area contributed by atoms with Crippen LogP contribution in [0.4, 0.5) is 5.69 Å². The van der Waals surface area contributed by atoms with Crippen LogP contribution in [0.2, 0.25) is 0 Å². The molecule has 4 rings (SSSR count). The SMILES string of the molecule is CCCC1CC(=O)C2=C(C1)N=C(C)C(C#N)C2c1cc(Br)c(OCc2cccc(NC(=O)CBr)c2)c(OCC)c1. The molecule has 0 radical (unpaired) electrons. The Bertz CT molecular complexity index is 1400. The monoisotopic (exact) mass is 669 g/mol. The van der Waals surface area contributed by atoms with Crippen LogP contribution in [0.3, 0.4) is 0 Å². The van der Waals surface area contributed by atoms with Gasteiger partial charge in [0.2, 0.25) is 5.91 Å². The van der Waals surface area contributed by atoms with E-state index in [0.717, 1.165) is 41.8 Å². The van der Waals surface area contributed by atoms with E-state index in [9.17, 15) is 14.9 Å². The van der Waals surface area contributed by atoms with Gasteiger partial charge in [-0.05, 0) is 83.9 Å². The third-order valence-corrected chi connectivity index (χ3v) is 8.31. The number of ether oxygens (including phenoxy) is 2. The van der Waals surface area contributed by atoms with Crippen molar-refractivity contribution in [2.24, 2.45) is 16.8 Å². The summed E-state index contributed by atoms with van der Waals surface area (Å²) in [5.41, 5.74) is 4.60. The number of carbonyl (C=O) groups excluding carboxylic acids is 2. The van der Waals surface area contributed by atoms with E-state index in [-0.39, 0.29) is 23.6 Å².